The molecule has 0 spiro atoms. The van der Waals surface area contributed by atoms with Crippen LogP contribution in [0, 0.1) is 13.8 Å². The Kier molecular flexibility index (Phi) is 5.12. The van der Waals surface area contributed by atoms with E-state index in [9.17, 15) is 9.59 Å². The molecule has 0 unspecified atom stereocenters. The van der Waals surface area contributed by atoms with Gasteiger partial charge in [-0.05, 0) is 38.1 Å². The topological polar surface area (TPSA) is 65.7 Å². The first-order valence-corrected chi connectivity index (χ1v) is 8.45. The molecular formula is C22H20O5. The van der Waals surface area contributed by atoms with Crippen LogP contribution in [-0.2, 0) is 0 Å². The SMILES string of the molecule is COc1ccccc1C(=O)c1c(C)oc(C)c1C(=O)c1ccccc1OC. The van der Waals surface area contributed by atoms with Crippen LogP contribution >= 0.6 is 0 Å². The van der Waals surface area contributed by atoms with Gasteiger partial charge in [-0.25, -0.2) is 0 Å². The van der Waals surface area contributed by atoms with Crippen LogP contribution in [0.1, 0.15) is 43.4 Å². The Morgan fingerprint density at radius 2 is 1.07 bits per heavy atom. The van der Waals surface area contributed by atoms with Crippen LogP contribution in [0.3, 0.4) is 0 Å². The fraction of sp³-hybridized carbons (Fsp3) is 0.182. The van der Waals surface area contributed by atoms with E-state index < -0.39 is 0 Å². The first-order chi connectivity index (χ1) is 13.0. The van der Waals surface area contributed by atoms with Crippen LogP contribution < -0.4 is 9.47 Å². The highest BCUT2D eigenvalue weighted by Gasteiger charge is 2.30. The zero-order valence-electron chi connectivity index (χ0n) is 15.7. The van der Waals surface area contributed by atoms with E-state index in [1.807, 2.05) is 0 Å². The number of benzene rings is 2. The third kappa shape index (κ3) is 3.24. The molecule has 0 atom stereocenters. The molecule has 0 N–H and O–H groups in total. The van der Waals surface area contributed by atoms with E-state index in [4.69, 9.17) is 13.9 Å². The molecule has 3 aromatic rings. The van der Waals surface area contributed by atoms with E-state index in [2.05, 4.69) is 0 Å². The number of ketones is 2. The first-order valence-electron chi connectivity index (χ1n) is 8.45. The summed E-state index contributed by atoms with van der Waals surface area (Å²) in [7, 11) is 3.00. The van der Waals surface area contributed by atoms with Crippen molar-refractivity contribution in [1.82, 2.24) is 0 Å². The highest BCUT2D eigenvalue weighted by Crippen LogP contribution is 2.31. The van der Waals surface area contributed by atoms with Crippen LogP contribution in [0.4, 0.5) is 0 Å². The van der Waals surface area contributed by atoms with E-state index in [0.717, 1.165) is 0 Å². The van der Waals surface area contributed by atoms with Crippen molar-refractivity contribution in [1.29, 1.82) is 0 Å². The number of methoxy groups -OCH3 is 2. The maximum absolute atomic E-state index is 13.2. The Morgan fingerprint density at radius 1 is 0.704 bits per heavy atom. The van der Waals surface area contributed by atoms with Crippen molar-refractivity contribution >= 4 is 11.6 Å². The summed E-state index contributed by atoms with van der Waals surface area (Å²) < 4.78 is 16.3. The average Bonchev–Trinajstić information content (AvgIpc) is 3.00. The summed E-state index contributed by atoms with van der Waals surface area (Å²) in [6, 6.07) is 13.8. The largest absolute Gasteiger partial charge is 0.496 e. The Morgan fingerprint density at radius 3 is 1.44 bits per heavy atom. The summed E-state index contributed by atoms with van der Waals surface area (Å²) >= 11 is 0. The number of carbonyl (C=O) groups excluding carboxylic acids is 2. The van der Waals surface area contributed by atoms with Gasteiger partial charge in [-0.15, -0.1) is 0 Å². The lowest BCUT2D eigenvalue weighted by Gasteiger charge is -2.10. The van der Waals surface area contributed by atoms with E-state index in [-0.39, 0.29) is 22.7 Å². The van der Waals surface area contributed by atoms with Gasteiger partial charge in [-0.1, -0.05) is 24.3 Å². The van der Waals surface area contributed by atoms with E-state index in [1.54, 1.807) is 62.4 Å². The van der Waals surface area contributed by atoms with Gasteiger partial charge in [0.1, 0.15) is 23.0 Å². The summed E-state index contributed by atoms with van der Waals surface area (Å²) in [6.45, 7) is 3.35. The van der Waals surface area contributed by atoms with Gasteiger partial charge in [0.25, 0.3) is 0 Å². The first kappa shape index (κ1) is 18.5. The third-order valence-corrected chi connectivity index (χ3v) is 4.42. The molecule has 0 aliphatic rings. The minimum atomic E-state index is -0.319. The number of hydrogen-bond acceptors (Lipinski definition) is 5. The lowest BCUT2D eigenvalue weighted by Crippen LogP contribution is -2.12. The lowest BCUT2D eigenvalue weighted by atomic mass is 9.93. The van der Waals surface area contributed by atoms with Crippen LogP contribution in [0.15, 0.2) is 52.9 Å². The highest BCUT2D eigenvalue weighted by atomic mass is 16.5. The maximum Gasteiger partial charge on any atom is 0.201 e. The monoisotopic (exact) mass is 364 g/mol. The Bertz CT molecular complexity index is 933. The van der Waals surface area contributed by atoms with Crippen molar-refractivity contribution in [3.63, 3.8) is 0 Å². The summed E-state index contributed by atoms with van der Waals surface area (Å²) in [5.74, 6) is 1.02. The summed E-state index contributed by atoms with van der Waals surface area (Å²) in [4.78, 5) is 26.5. The highest BCUT2D eigenvalue weighted by molar-refractivity contribution is 6.21. The molecular weight excluding hydrogens is 344 g/mol. The van der Waals surface area contributed by atoms with Gasteiger partial charge < -0.3 is 13.9 Å². The van der Waals surface area contributed by atoms with Gasteiger partial charge in [0, 0.05) is 0 Å². The van der Waals surface area contributed by atoms with Crippen molar-refractivity contribution in [3.8, 4) is 11.5 Å². The molecule has 0 saturated carbocycles. The third-order valence-electron chi connectivity index (χ3n) is 4.42. The number of furan rings is 1. The summed E-state index contributed by atoms with van der Waals surface area (Å²) in [5, 5.41) is 0. The van der Waals surface area contributed by atoms with Gasteiger partial charge >= 0.3 is 0 Å². The number of rotatable bonds is 6. The van der Waals surface area contributed by atoms with Crippen LogP contribution in [0.2, 0.25) is 0 Å². The Labute approximate surface area is 157 Å². The van der Waals surface area contributed by atoms with Crippen molar-refractivity contribution in [3.05, 3.63) is 82.3 Å². The molecule has 5 heteroatoms. The molecule has 5 nitrogen and oxygen atoms in total. The lowest BCUT2D eigenvalue weighted by molar-refractivity contribution is 0.1000. The van der Waals surface area contributed by atoms with Crippen molar-refractivity contribution in [2.24, 2.45) is 0 Å². The normalized spacial score (nSPS) is 10.5. The van der Waals surface area contributed by atoms with Crippen molar-refractivity contribution in [2.45, 2.75) is 13.8 Å². The molecule has 0 radical (unpaired) electrons. The van der Waals surface area contributed by atoms with Crippen LogP contribution in [-0.4, -0.2) is 25.8 Å². The molecule has 27 heavy (non-hydrogen) atoms. The predicted molar refractivity (Wildman–Crippen MR) is 101 cm³/mol. The molecule has 0 aliphatic heterocycles. The van der Waals surface area contributed by atoms with Crippen molar-refractivity contribution in [2.75, 3.05) is 14.2 Å². The molecule has 138 valence electrons. The molecule has 1 heterocycles. The Hall–Kier alpha value is -3.34. The molecule has 2 aromatic carbocycles. The van der Waals surface area contributed by atoms with Gasteiger partial charge in [0.2, 0.25) is 11.6 Å². The second-order valence-electron chi connectivity index (χ2n) is 6.02. The van der Waals surface area contributed by atoms with Gasteiger partial charge in [0.15, 0.2) is 0 Å². The minimum Gasteiger partial charge on any atom is -0.496 e. The molecule has 3 rings (SSSR count). The molecule has 0 amide bonds. The molecule has 0 saturated heterocycles. The van der Waals surface area contributed by atoms with Gasteiger partial charge in [-0.3, -0.25) is 9.59 Å². The fourth-order valence-electron chi connectivity index (χ4n) is 3.16. The number of hydrogen-bond donors (Lipinski definition) is 0. The quantitative estimate of drug-likeness (QED) is 0.608. The van der Waals surface area contributed by atoms with Gasteiger partial charge in [-0.2, -0.15) is 0 Å². The van der Waals surface area contributed by atoms with Gasteiger partial charge in [0.05, 0.1) is 36.5 Å². The fourth-order valence-corrected chi connectivity index (χ4v) is 3.16. The standard InChI is InChI=1S/C22H20O5/c1-13-19(21(23)15-9-5-7-11-17(15)25-3)20(14(2)27-13)22(24)16-10-6-8-12-18(16)26-4/h5-12H,1-4H3. The number of ether oxygens (including phenoxy) is 2. The number of aryl methyl sites for hydroxylation is 2. The van der Waals surface area contributed by atoms with Crippen LogP contribution in [0.25, 0.3) is 0 Å². The smallest absolute Gasteiger partial charge is 0.201 e. The van der Waals surface area contributed by atoms with Crippen molar-refractivity contribution < 1.29 is 23.5 Å². The van der Waals surface area contributed by atoms with E-state index >= 15 is 0 Å². The maximum atomic E-state index is 13.2. The molecule has 1 aromatic heterocycles. The average molecular weight is 364 g/mol. The number of para-hydroxylation sites is 2. The Balaban J connectivity index is 2.17. The van der Waals surface area contributed by atoms with Crippen LogP contribution in [0.5, 0.6) is 11.5 Å². The molecule has 0 bridgehead atoms. The molecule has 0 fully saturated rings. The zero-order valence-corrected chi connectivity index (χ0v) is 15.7. The summed E-state index contributed by atoms with van der Waals surface area (Å²) in [6.07, 6.45) is 0. The minimum absolute atomic E-state index is 0.243. The summed E-state index contributed by atoms with van der Waals surface area (Å²) in [5.41, 5.74) is 1.23. The zero-order chi connectivity index (χ0) is 19.6. The second kappa shape index (κ2) is 7.50. The predicted octanol–water partition coefficient (Wildman–Crippen LogP) is 4.38. The van der Waals surface area contributed by atoms with E-state index in [0.29, 0.717) is 34.1 Å². The second-order valence-corrected chi connectivity index (χ2v) is 6.02. The number of carbonyl (C=O) groups is 2. The van der Waals surface area contributed by atoms with E-state index in [1.165, 1.54) is 14.2 Å². The molecule has 0 aliphatic carbocycles.